The second kappa shape index (κ2) is 9.71. The maximum absolute atomic E-state index is 12.9. The van der Waals surface area contributed by atoms with Crippen LogP contribution in [0.15, 0.2) is 48.5 Å². The van der Waals surface area contributed by atoms with Crippen LogP contribution >= 0.6 is 11.6 Å². The quantitative estimate of drug-likeness (QED) is 0.780. The number of rotatable bonds is 6. The second-order valence-electron chi connectivity index (χ2n) is 6.91. The molecule has 1 atom stereocenters. The highest BCUT2D eigenvalue weighted by atomic mass is 35.5. The van der Waals surface area contributed by atoms with E-state index < -0.39 is 6.04 Å². The lowest BCUT2D eigenvalue weighted by Crippen LogP contribution is -2.51. The molecular weight excluding hydrogens is 397 g/mol. The Morgan fingerprint density at radius 2 is 1.72 bits per heavy atom. The Morgan fingerprint density at radius 3 is 2.38 bits per heavy atom. The number of carbonyl (C=O) groups is 2. The summed E-state index contributed by atoms with van der Waals surface area (Å²) in [6, 6.07) is 12.0. The van der Waals surface area contributed by atoms with E-state index in [0.29, 0.717) is 42.5 Å². The number of piperazine rings is 1. The summed E-state index contributed by atoms with van der Waals surface area (Å²) in [5.41, 5.74) is 6.54. The van der Waals surface area contributed by atoms with Gasteiger partial charge in [0, 0.05) is 49.2 Å². The summed E-state index contributed by atoms with van der Waals surface area (Å²) < 4.78 is 18.4. The highest BCUT2D eigenvalue weighted by Gasteiger charge is 2.25. The van der Waals surface area contributed by atoms with Crippen molar-refractivity contribution in [3.05, 3.63) is 64.9 Å². The molecule has 2 N–H and O–H groups in total. The number of hydrogen-bond acceptors (Lipinski definition) is 4. The summed E-state index contributed by atoms with van der Waals surface area (Å²) in [5, 5.41) is 0.515. The molecule has 1 heterocycles. The number of nitrogens with zero attached hydrogens (tertiary/aromatic N) is 2. The predicted octanol–water partition coefficient (Wildman–Crippen LogP) is 2.56. The van der Waals surface area contributed by atoms with E-state index >= 15 is 0 Å². The molecule has 0 aliphatic carbocycles. The van der Waals surface area contributed by atoms with Gasteiger partial charge in [-0.15, -0.1) is 0 Å². The summed E-state index contributed by atoms with van der Waals surface area (Å²) in [4.78, 5) is 28.4. The molecule has 1 saturated heterocycles. The van der Waals surface area contributed by atoms with Crippen molar-refractivity contribution in [3.63, 3.8) is 0 Å². The predicted molar refractivity (Wildman–Crippen MR) is 108 cm³/mol. The van der Waals surface area contributed by atoms with Crippen molar-refractivity contribution in [1.29, 1.82) is 0 Å². The van der Waals surface area contributed by atoms with Crippen molar-refractivity contribution in [2.45, 2.75) is 12.5 Å². The Kier molecular flexibility index (Phi) is 7.06. The number of carbonyl (C=O) groups excluding carboxylic acids is 2. The normalized spacial score (nSPS) is 15.1. The Morgan fingerprint density at radius 1 is 1.07 bits per heavy atom. The monoisotopic (exact) mass is 419 g/mol. The van der Waals surface area contributed by atoms with Crippen LogP contribution in [0.4, 0.5) is 4.39 Å². The number of benzene rings is 2. The Hall–Kier alpha value is -2.64. The van der Waals surface area contributed by atoms with Crippen LogP contribution in [-0.4, -0.2) is 60.4 Å². The minimum Gasteiger partial charge on any atom is -0.492 e. The molecule has 8 heteroatoms. The van der Waals surface area contributed by atoms with E-state index in [1.54, 1.807) is 34.1 Å². The fourth-order valence-electron chi connectivity index (χ4n) is 3.11. The van der Waals surface area contributed by atoms with E-state index in [4.69, 9.17) is 22.1 Å². The number of halogens is 2. The van der Waals surface area contributed by atoms with Crippen molar-refractivity contribution in [2.75, 3.05) is 32.8 Å². The number of ether oxygens (including phenoxy) is 1. The van der Waals surface area contributed by atoms with Crippen molar-refractivity contribution in [3.8, 4) is 5.75 Å². The Labute approximate surface area is 174 Å². The summed E-state index contributed by atoms with van der Waals surface area (Å²) in [6.45, 7) is 1.98. The minimum atomic E-state index is -0.473. The third-order valence-electron chi connectivity index (χ3n) is 4.71. The van der Waals surface area contributed by atoms with Gasteiger partial charge in [-0.25, -0.2) is 4.39 Å². The molecule has 2 aromatic rings. The zero-order valence-corrected chi connectivity index (χ0v) is 16.6. The summed E-state index contributed by atoms with van der Waals surface area (Å²) in [7, 11) is 0. The molecular formula is C21H23ClFN3O3. The van der Waals surface area contributed by atoms with E-state index in [0.717, 1.165) is 0 Å². The molecule has 6 nitrogen and oxygen atoms in total. The summed E-state index contributed by atoms with van der Waals surface area (Å²) in [5.74, 6) is -0.00804. The number of nitrogens with two attached hydrogens (primary N) is 1. The number of hydrogen-bond donors (Lipinski definition) is 1. The second-order valence-corrected chi connectivity index (χ2v) is 7.35. The van der Waals surface area contributed by atoms with Gasteiger partial charge in [-0.3, -0.25) is 9.59 Å². The maximum atomic E-state index is 12.9. The smallest absolute Gasteiger partial charge is 0.254 e. The standard InChI is InChI=1S/C21H23ClFN3O3/c22-16-3-1-2-15(12-16)21(28)26-10-8-25(9-11-26)20(27)13-18(24)14-29-19-6-4-17(23)5-7-19/h1-7,12,18H,8-11,13-14,24H2/t18-/m0/s1. The first-order valence-corrected chi connectivity index (χ1v) is 9.77. The van der Waals surface area contributed by atoms with Crippen molar-refractivity contribution < 1.29 is 18.7 Å². The molecule has 1 aliphatic heterocycles. The summed E-state index contributed by atoms with van der Waals surface area (Å²) in [6.07, 6.45) is 0.142. The highest BCUT2D eigenvalue weighted by Crippen LogP contribution is 2.15. The van der Waals surface area contributed by atoms with Gasteiger partial charge in [-0.05, 0) is 42.5 Å². The van der Waals surface area contributed by atoms with Crippen LogP contribution in [0.25, 0.3) is 0 Å². The van der Waals surface area contributed by atoms with Crippen molar-refractivity contribution in [1.82, 2.24) is 9.80 Å². The van der Waals surface area contributed by atoms with Crippen LogP contribution in [0.3, 0.4) is 0 Å². The lowest BCUT2D eigenvalue weighted by atomic mass is 10.1. The van der Waals surface area contributed by atoms with Crippen LogP contribution in [0, 0.1) is 5.82 Å². The van der Waals surface area contributed by atoms with Gasteiger partial charge in [-0.1, -0.05) is 17.7 Å². The average molecular weight is 420 g/mol. The number of amides is 2. The Balaban J connectivity index is 1.43. The van der Waals surface area contributed by atoms with E-state index in [2.05, 4.69) is 0 Å². The lowest BCUT2D eigenvalue weighted by molar-refractivity contribution is -0.133. The lowest BCUT2D eigenvalue weighted by Gasteiger charge is -2.35. The summed E-state index contributed by atoms with van der Waals surface area (Å²) >= 11 is 5.95. The van der Waals surface area contributed by atoms with E-state index in [9.17, 15) is 14.0 Å². The molecule has 1 aliphatic rings. The fourth-order valence-corrected chi connectivity index (χ4v) is 3.30. The maximum Gasteiger partial charge on any atom is 0.254 e. The van der Waals surface area contributed by atoms with Gasteiger partial charge in [0.25, 0.3) is 5.91 Å². The molecule has 0 radical (unpaired) electrons. The molecule has 3 rings (SSSR count). The van der Waals surface area contributed by atoms with Gasteiger partial charge in [0.05, 0.1) is 0 Å². The van der Waals surface area contributed by atoms with Gasteiger partial charge < -0.3 is 20.3 Å². The zero-order chi connectivity index (χ0) is 20.8. The fraction of sp³-hybridized carbons (Fsp3) is 0.333. The van der Waals surface area contributed by atoms with Crippen LogP contribution in [0.5, 0.6) is 5.75 Å². The van der Waals surface area contributed by atoms with Crippen molar-refractivity contribution in [2.24, 2.45) is 5.73 Å². The average Bonchev–Trinajstić information content (AvgIpc) is 2.73. The SMILES string of the molecule is N[C@H](COc1ccc(F)cc1)CC(=O)N1CCN(C(=O)c2cccc(Cl)c2)CC1. The van der Waals surface area contributed by atoms with Crippen molar-refractivity contribution >= 4 is 23.4 Å². The van der Waals surface area contributed by atoms with Gasteiger partial charge >= 0.3 is 0 Å². The third-order valence-corrected chi connectivity index (χ3v) is 4.94. The molecule has 154 valence electrons. The van der Waals surface area contributed by atoms with E-state index in [1.807, 2.05) is 0 Å². The first-order valence-electron chi connectivity index (χ1n) is 9.39. The third kappa shape index (κ3) is 5.92. The highest BCUT2D eigenvalue weighted by molar-refractivity contribution is 6.30. The van der Waals surface area contributed by atoms with Gasteiger partial charge in [0.1, 0.15) is 18.2 Å². The molecule has 29 heavy (non-hydrogen) atoms. The van der Waals surface area contributed by atoms with E-state index in [1.165, 1.54) is 24.3 Å². The van der Waals surface area contributed by atoms with Gasteiger partial charge in [0.15, 0.2) is 0 Å². The molecule has 1 fully saturated rings. The molecule has 2 aromatic carbocycles. The topological polar surface area (TPSA) is 75.9 Å². The van der Waals surface area contributed by atoms with Crippen LogP contribution < -0.4 is 10.5 Å². The van der Waals surface area contributed by atoms with Gasteiger partial charge in [0.2, 0.25) is 5.91 Å². The first-order chi connectivity index (χ1) is 13.9. The first kappa shape index (κ1) is 21.1. The molecule has 0 unspecified atom stereocenters. The molecule has 0 saturated carbocycles. The molecule has 0 bridgehead atoms. The van der Waals surface area contributed by atoms with Crippen LogP contribution in [0.1, 0.15) is 16.8 Å². The Bertz CT molecular complexity index is 855. The minimum absolute atomic E-state index is 0.0740. The largest absolute Gasteiger partial charge is 0.492 e. The van der Waals surface area contributed by atoms with Crippen LogP contribution in [0.2, 0.25) is 5.02 Å². The zero-order valence-electron chi connectivity index (χ0n) is 15.9. The van der Waals surface area contributed by atoms with E-state index in [-0.39, 0.29) is 30.7 Å². The van der Waals surface area contributed by atoms with Gasteiger partial charge in [-0.2, -0.15) is 0 Å². The molecule has 2 amide bonds. The molecule has 0 aromatic heterocycles. The van der Waals surface area contributed by atoms with Crippen LogP contribution in [-0.2, 0) is 4.79 Å². The molecule has 0 spiro atoms.